The summed E-state index contributed by atoms with van der Waals surface area (Å²) in [5.74, 6) is -0.783. The molecule has 8 nitrogen and oxygen atoms in total. The summed E-state index contributed by atoms with van der Waals surface area (Å²) in [4.78, 5) is 0. The number of rotatable bonds is 3. The Labute approximate surface area is 120 Å². The zero-order chi connectivity index (χ0) is 15.0. The highest BCUT2D eigenvalue weighted by molar-refractivity contribution is 5.55. The van der Waals surface area contributed by atoms with Crippen LogP contribution in [-0.2, 0) is 4.74 Å². The van der Waals surface area contributed by atoms with Gasteiger partial charge in [-0.05, 0) is 12.1 Å². The molecule has 3 rings (SSSR count). The molecule has 0 bridgehead atoms. The largest absolute Gasteiger partial charge is 0.454 e. The lowest BCUT2D eigenvalue weighted by Gasteiger charge is -2.41. The molecule has 1 saturated heterocycles. The van der Waals surface area contributed by atoms with E-state index in [2.05, 4.69) is 5.32 Å². The first-order valence-electron chi connectivity index (χ1n) is 6.54. The molecular weight excluding hydrogens is 282 g/mol. The average molecular weight is 299 g/mol. The average Bonchev–Trinajstić information content (AvgIpc) is 2.95. The van der Waals surface area contributed by atoms with Crippen LogP contribution < -0.4 is 14.8 Å². The molecule has 21 heavy (non-hydrogen) atoms. The lowest BCUT2D eigenvalue weighted by Crippen LogP contribution is -2.63. The molecule has 2 heterocycles. The SMILES string of the molecule is O[C@@H]1[C@H](O)CO[C@](O)(CNc2ccc3c(c2)OCO3)[C@H]1O. The molecule has 0 aromatic heterocycles. The van der Waals surface area contributed by atoms with Gasteiger partial charge in [-0.2, -0.15) is 0 Å². The molecule has 0 saturated carbocycles. The molecule has 8 heteroatoms. The summed E-state index contributed by atoms with van der Waals surface area (Å²) in [6.45, 7) is -0.274. The van der Waals surface area contributed by atoms with Crippen molar-refractivity contribution in [2.45, 2.75) is 24.1 Å². The number of nitrogens with one attached hydrogen (secondary N) is 1. The van der Waals surface area contributed by atoms with Gasteiger partial charge in [-0.25, -0.2) is 0 Å². The molecule has 4 atom stereocenters. The van der Waals surface area contributed by atoms with Crippen LogP contribution in [0, 0.1) is 0 Å². The van der Waals surface area contributed by atoms with Gasteiger partial charge >= 0.3 is 0 Å². The Kier molecular flexibility index (Phi) is 3.64. The van der Waals surface area contributed by atoms with E-state index in [1.54, 1.807) is 18.2 Å². The molecule has 1 fully saturated rings. The topological polar surface area (TPSA) is 121 Å². The van der Waals surface area contributed by atoms with Crippen molar-refractivity contribution in [2.24, 2.45) is 0 Å². The van der Waals surface area contributed by atoms with Crippen LogP contribution in [-0.4, -0.2) is 64.5 Å². The van der Waals surface area contributed by atoms with Crippen LogP contribution in [0.25, 0.3) is 0 Å². The van der Waals surface area contributed by atoms with Gasteiger partial charge in [0.2, 0.25) is 12.6 Å². The monoisotopic (exact) mass is 299 g/mol. The Balaban J connectivity index is 1.66. The van der Waals surface area contributed by atoms with Crippen molar-refractivity contribution in [1.29, 1.82) is 0 Å². The molecule has 0 amide bonds. The van der Waals surface area contributed by atoms with Crippen LogP contribution in [0.3, 0.4) is 0 Å². The lowest BCUT2D eigenvalue weighted by atomic mass is 9.97. The van der Waals surface area contributed by atoms with Crippen molar-refractivity contribution in [1.82, 2.24) is 0 Å². The summed E-state index contributed by atoms with van der Waals surface area (Å²) < 4.78 is 15.5. The minimum Gasteiger partial charge on any atom is -0.454 e. The molecule has 5 N–H and O–H groups in total. The fraction of sp³-hybridized carbons (Fsp3) is 0.538. The van der Waals surface area contributed by atoms with E-state index >= 15 is 0 Å². The Hall–Kier alpha value is -1.58. The molecule has 116 valence electrons. The summed E-state index contributed by atoms with van der Waals surface area (Å²) in [5, 5.41) is 41.9. The number of hydrogen-bond donors (Lipinski definition) is 5. The van der Waals surface area contributed by atoms with Crippen LogP contribution >= 0.6 is 0 Å². The van der Waals surface area contributed by atoms with Gasteiger partial charge in [0.15, 0.2) is 11.5 Å². The van der Waals surface area contributed by atoms with Crippen molar-refractivity contribution < 1.29 is 34.6 Å². The predicted molar refractivity (Wildman–Crippen MR) is 70.0 cm³/mol. The number of aliphatic hydroxyl groups is 4. The van der Waals surface area contributed by atoms with E-state index in [4.69, 9.17) is 14.2 Å². The number of benzene rings is 1. The van der Waals surface area contributed by atoms with E-state index < -0.39 is 24.1 Å². The smallest absolute Gasteiger partial charge is 0.231 e. The zero-order valence-corrected chi connectivity index (χ0v) is 11.1. The Morgan fingerprint density at radius 1 is 1.19 bits per heavy atom. The molecule has 0 spiro atoms. The first-order valence-corrected chi connectivity index (χ1v) is 6.54. The maximum Gasteiger partial charge on any atom is 0.231 e. The van der Waals surface area contributed by atoms with Crippen LogP contribution in [0.15, 0.2) is 18.2 Å². The van der Waals surface area contributed by atoms with Gasteiger partial charge in [-0.3, -0.25) is 0 Å². The fourth-order valence-corrected chi connectivity index (χ4v) is 2.28. The van der Waals surface area contributed by atoms with Gasteiger partial charge in [0, 0.05) is 11.8 Å². The van der Waals surface area contributed by atoms with Crippen molar-refractivity contribution in [3.63, 3.8) is 0 Å². The Bertz CT molecular complexity index is 525. The summed E-state index contributed by atoms with van der Waals surface area (Å²) in [6.07, 6.45) is -4.32. The lowest BCUT2D eigenvalue weighted by molar-refractivity contribution is -0.313. The number of anilines is 1. The molecule has 2 aliphatic heterocycles. The molecule has 0 unspecified atom stereocenters. The minimum atomic E-state index is -1.99. The van der Waals surface area contributed by atoms with E-state index in [0.29, 0.717) is 17.2 Å². The van der Waals surface area contributed by atoms with Gasteiger partial charge in [0.25, 0.3) is 0 Å². The minimum absolute atomic E-state index is 0.161. The molecule has 2 aliphatic rings. The van der Waals surface area contributed by atoms with Crippen molar-refractivity contribution in [2.75, 3.05) is 25.3 Å². The zero-order valence-electron chi connectivity index (χ0n) is 11.1. The fourth-order valence-electron chi connectivity index (χ4n) is 2.28. The molecule has 1 aromatic rings. The quantitative estimate of drug-likeness (QED) is 0.463. The second kappa shape index (κ2) is 5.32. The number of fused-ring (bicyclic) bond motifs is 1. The second-order valence-corrected chi connectivity index (χ2v) is 5.08. The predicted octanol–water partition coefficient (Wildman–Crippen LogP) is -1.37. The third kappa shape index (κ3) is 2.63. The summed E-state index contributed by atoms with van der Waals surface area (Å²) in [6, 6.07) is 5.12. The normalized spacial score (nSPS) is 34.8. The summed E-state index contributed by atoms with van der Waals surface area (Å²) in [5.41, 5.74) is 0.629. The standard InChI is InChI=1S/C13H17NO7/c15-8-4-21-13(18,12(17)11(8)16)5-14-7-1-2-9-10(3-7)20-6-19-9/h1-3,8,11-12,14-18H,4-6H2/t8-,11-,12+,13-/m1/s1. The molecule has 1 aromatic carbocycles. The summed E-state index contributed by atoms with van der Waals surface area (Å²) >= 11 is 0. The van der Waals surface area contributed by atoms with Crippen molar-refractivity contribution >= 4 is 5.69 Å². The van der Waals surface area contributed by atoms with Gasteiger partial charge in [0.1, 0.15) is 18.3 Å². The highest BCUT2D eigenvalue weighted by Crippen LogP contribution is 2.34. The van der Waals surface area contributed by atoms with Crippen LogP contribution in [0.1, 0.15) is 0 Å². The Morgan fingerprint density at radius 3 is 2.76 bits per heavy atom. The van der Waals surface area contributed by atoms with Crippen LogP contribution in [0.5, 0.6) is 11.5 Å². The van der Waals surface area contributed by atoms with Crippen LogP contribution in [0.2, 0.25) is 0 Å². The molecular formula is C13H17NO7. The van der Waals surface area contributed by atoms with Crippen molar-refractivity contribution in [3.05, 3.63) is 18.2 Å². The molecule has 0 radical (unpaired) electrons. The summed E-state index contributed by atoms with van der Waals surface area (Å²) in [7, 11) is 0. The van der Waals surface area contributed by atoms with Gasteiger partial charge in [0.05, 0.1) is 13.2 Å². The van der Waals surface area contributed by atoms with Gasteiger partial charge < -0.3 is 40.0 Å². The maximum absolute atomic E-state index is 10.2. The highest BCUT2D eigenvalue weighted by Gasteiger charge is 2.48. The van der Waals surface area contributed by atoms with E-state index in [1.165, 1.54) is 0 Å². The van der Waals surface area contributed by atoms with Crippen molar-refractivity contribution in [3.8, 4) is 11.5 Å². The van der Waals surface area contributed by atoms with E-state index in [0.717, 1.165) is 0 Å². The van der Waals surface area contributed by atoms with Gasteiger partial charge in [-0.15, -0.1) is 0 Å². The third-order valence-electron chi connectivity index (χ3n) is 3.60. The highest BCUT2D eigenvalue weighted by atomic mass is 16.7. The number of ether oxygens (including phenoxy) is 3. The van der Waals surface area contributed by atoms with E-state index in [9.17, 15) is 20.4 Å². The second-order valence-electron chi connectivity index (χ2n) is 5.08. The number of hydrogen-bond acceptors (Lipinski definition) is 8. The maximum atomic E-state index is 10.2. The number of aliphatic hydroxyl groups excluding tert-OH is 3. The van der Waals surface area contributed by atoms with Crippen LogP contribution in [0.4, 0.5) is 5.69 Å². The van der Waals surface area contributed by atoms with E-state index in [-0.39, 0.29) is 19.9 Å². The first kappa shape index (κ1) is 14.4. The van der Waals surface area contributed by atoms with E-state index in [1.807, 2.05) is 0 Å². The molecule has 0 aliphatic carbocycles. The Morgan fingerprint density at radius 2 is 1.95 bits per heavy atom. The third-order valence-corrected chi connectivity index (χ3v) is 3.60. The first-order chi connectivity index (χ1) is 9.99. The van der Waals surface area contributed by atoms with Gasteiger partial charge in [-0.1, -0.05) is 0 Å².